The third-order valence-electron chi connectivity index (χ3n) is 5.93. The van der Waals surface area contributed by atoms with Gasteiger partial charge in [-0.15, -0.1) is 0 Å². The summed E-state index contributed by atoms with van der Waals surface area (Å²) in [6.45, 7) is 9.94. The molecule has 0 bridgehead atoms. The minimum atomic E-state index is -3.79. The summed E-state index contributed by atoms with van der Waals surface area (Å²) in [4.78, 5) is 28.2. The Kier molecular flexibility index (Phi) is 11.3. The Morgan fingerprint density at radius 2 is 1.59 bits per heavy atom. The van der Waals surface area contributed by atoms with Crippen molar-refractivity contribution >= 4 is 50.7 Å². The number of hydrogen-bond donors (Lipinski definition) is 1. The van der Waals surface area contributed by atoms with E-state index in [0.29, 0.717) is 34.3 Å². The van der Waals surface area contributed by atoms with E-state index in [4.69, 9.17) is 23.2 Å². The van der Waals surface area contributed by atoms with Crippen molar-refractivity contribution in [1.82, 2.24) is 10.2 Å². The Balaban J connectivity index is 2.44. The van der Waals surface area contributed by atoms with Crippen molar-refractivity contribution in [3.05, 3.63) is 63.6 Å². The minimum absolute atomic E-state index is 0.0627. The van der Waals surface area contributed by atoms with Crippen molar-refractivity contribution in [2.45, 2.75) is 59.5 Å². The van der Waals surface area contributed by atoms with E-state index in [2.05, 4.69) is 5.32 Å². The number of nitrogens with zero attached hydrogens (tertiary/aromatic N) is 2. The molecule has 0 saturated carbocycles. The van der Waals surface area contributed by atoms with Gasteiger partial charge in [-0.1, -0.05) is 76.0 Å². The molecule has 0 aliphatic carbocycles. The lowest BCUT2D eigenvalue weighted by atomic mass is 10.0. The van der Waals surface area contributed by atoms with Crippen molar-refractivity contribution < 1.29 is 18.0 Å². The highest BCUT2D eigenvalue weighted by Gasteiger charge is 2.32. The highest BCUT2D eigenvalue weighted by molar-refractivity contribution is 7.92. The fourth-order valence-corrected chi connectivity index (χ4v) is 4.99. The summed E-state index contributed by atoms with van der Waals surface area (Å²) >= 11 is 12.3. The predicted octanol–water partition coefficient (Wildman–Crippen LogP) is 5.46. The molecule has 0 aliphatic rings. The molecule has 204 valence electrons. The number of hydrogen-bond acceptors (Lipinski definition) is 4. The lowest BCUT2D eigenvalue weighted by Crippen LogP contribution is -2.52. The van der Waals surface area contributed by atoms with Gasteiger partial charge in [0, 0.05) is 13.1 Å². The molecule has 2 amide bonds. The third-order valence-corrected chi connectivity index (χ3v) is 7.81. The number of benzene rings is 2. The van der Waals surface area contributed by atoms with E-state index in [-0.39, 0.29) is 24.3 Å². The molecular formula is C27H37Cl2N3O4S. The first-order chi connectivity index (χ1) is 17.2. The zero-order valence-electron chi connectivity index (χ0n) is 22.3. The van der Waals surface area contributed by atoms with Crippen LogP contribution in [0.1, 0.15) is 58.1 Å². The molecule has 0 aliphatic heterocycles. The summed E-state index contributed by atoms with van der Waals surface area (Å²) in [7, 11) is -3.79. The number of sulfonamides is 1. The zero-order valence-corrected chi connectivity index (χ0v) is 24.6. The molecule has 0 aromatic heterocycles. The summed E-state index contributed by atoms with van der Waals surface area (Å²) in [5, 5.41) is 3.59. The fraction of sp³-hybridized carbons (Fsp3) is 0.481. The molecule has 0 heterocycles. The highest BCUT2D eigenvalue weighted by Crippen LogP contribution is 2.25. The number of halogens is 2. The first kappa shape index (κ1) is 30.9. The molecule has 0 spiro atoms. The van der Waals surface area contributed by atoms with Crippen LogP contribution in [0.3, 0.4) is 0 Å². The fourth-order valence-electron chi connectivity index (χ4n) is 3.82. The minimum Gasteiger partial charge on any atom is -0.354 e. The van der Waals surface area contributed by atoms with Crippen molar-refractivity contribution in [1.29, 1.82) is 0 Å². The molecule has 37 heavy (non-hydrogen) atoms. The van der Waals surface area contributed by atoms with Gasteiger partial charge < -0.3 is 10.2 Å². The molecular weight excluding hydrogens is 533 g/mol. The van der Waals surface area contributed by atoms with Crippen LogP contribution in [0.5, 0.6) is 0 Å². The van der Waals surface area contributed by atoms with Crippen LogP contribution in [-0.4, -0.2) is 50.5 Å². The Morgan fingerprint density at radius 3 is 2.08 bits per heavy atom. The van der Waals surface area contributed by atoms with E-state index in [1.54, 1.807) is 30.3 Å². The molecule has 0 radical (unpaired) electrons. The number of anilines is 1. The van der Waals surface area contributed by atoms with Gasteiger partial charge in [-0.3, -0.25) is 13.9 Å². The molecule has 1 N–H and O–H groups in total. The maximum atomic E-state index is 13.7. The first-order valence-corrected chi connectivity index (χ1v) is 14.9. The summed E-state index contributed by atoms with van der Waals surface area (Å²) in [6, 6.07) is 11.3. The van der Waals surface area contributed by atoms with Gasteiger partial charge in [0.1, 0.15) is 12.6 Å². The second-order valence-electron chi connectivity index (χ2n) is 9.85. The Bertz CT molecular complexity index is 1180. The second kappa shape index (κ2) is 13.5. The quantitative estimate of drug-likeness (QED) is 0.367. The lowest BCUT2D eigenvalue weighted by Gasteiger charge is -2.33. The molecule has 0 fully saturated rings. The van der Waals surface area contributed by atoms with Crippen LogP contribution in [0, 0.1) is 5.92 Å². The predicted molar refractivity (Wildman–Crippen MR) is 152 cm³/mol. The molecule has 0 unspecified atom stereocenters. The molecule has 2 aromatic carbocycles. The van der Waals surface area contributed by atoms with Gasteiger partial charge in [-0.2, -0.15) is 0 Å². The Morgan fingerprint density at radius 1 is 0.973 bits per heavy atom. The van der Waals surface area contributed by atoms with Crippen LogP contribution >= 0.6 is 23.2 Å². The van der Waals surface area contributed by atoms with Gasteiger partial charge >= 0.3 is 0 Å². The topological polar surface area (TPSA) is 86.8 Å². The SMILES string of the molecule is CC[C@@H](C(=O)NCC(C)C)N(Cc1ccc(Cl)c(Cl)c1)C(=O)CN(c1ccc(C(C)C)cc1)S(C)(=O)=O. The molecule has 1 atom stereocenters. The number of carbonyl (C=O) groups is 2. The van der Waals surface area contributed by atoms with E-state index < -0.39 is 28.5 Å². The Labute approximate surface area is 231 Å². The Hall–Kier alpha value is -2.29. The number of amides is 2. The normalized spacial score (nSPS) is 12.5. The van der Waals surface area contributed by atoms with Crippen LogP contribution < -0.4 is 9.62 Å². The summed E-state index contributed by atoms with van der Waals surface area (Å²) < 4.78 is 26.6. The standard InChI is InChI=1S/C27H37Cl2N3O4S/c1-7-25(27(34)30-15-18(2)3)31(16-20-8-13-23(28)24(29)14-20)26(33)17-32(37(6,35)36)22-11-9-21(10-12-22)19(4)5/h8-14,18-19,25H,7,15-17H2,1-6H3,(H,30,34)/t25-/m0/s1. The van der Waals surface area contributed by atoms with Crippen molar-refractivity contribution in [2.75, 3.05) is 23.7 Å². The third kappa shape index (κ3) is 8.90. The lowest BCUT2D eigenvalue weighted by molar-refractivity contribution is -0.140. The summed E-state index contributed by atoms with van der Waals surface area (Å²) in [5.41, 5.74) is 2.11. The van der Waals surface area contributed by atoms with E-state index in [0.717, 1.165) is 16.1 Å². The van der Waals surface area contributed by atoms with Crippen molar-refractivity contribution in [2.24, 2.45) is 5.92 Å². The van der Waals surface area contributed by atoms with Crippen LogP contribution in [0.2, 0.25) is 10.0 Å². The maximum Gasteiger partial charge on any atom is 0.244 e. The smallest absolute Gasteiger partial charge is 0.244 e. The molecule has 7 nitrogen and oxygen atoms in total. The van der Waals surface area contributed by atoms with E-state index in [1.165, 1.54) is 4.90 Å². The van der Waals surface area contributed by atoms with Crippen molar-refractivity contribution in [3.63, 3.8) is 0 Å². The summed E-state index contributed by atoms with van der Waals surface area (Å²) in [5.74, 6) is -0.290. The molecule has 0 saturated heterocycles. The van der Waals surface area contributed by atoms with E-state index >= 15 is 0 Å². The summed E-state index contributed by atoms with van der Waals surface area (Å²) in [6.07, 6.45) is 1.41. The molecule has 10 heteroatoms. The highest BCUT2D eigenvalue weighted by atomic mass is 35.5. The van der Waals surface area contributed by atoms with E-state index in [1.807, 2.05) is 46.8 Å². The van der Waals surface area contributed by atoms with Crippen LogP contribution in [0.4, 0.5) is 5.69 Å². The monoisotopic (exact) mass is 569 g/mol. The van der Waals surface area contributed by atoms with Gasteiger partial charge in [-0.05, 0) is 53.6 Å². The zero-order chi connectivity index (χ0) is 27.9. The van der Waals surface area contributed by atoms with Gasteiger partial charge in [-0.25, -0.2) is 8.42 Å². The van der Waals surface area contributed by atoms with Gasteiger partial charge in [0.2, 0.25) is 21.8 Å². The molecule has 2 rings (SSSR count). The van der Waals surface area contributed by atoms with E-state index in [9.17, 15) is 18.0 Å². The number of rotatable bonds is 12. The number of carbonyl (C=O) groups excluding carboxylic acids is 2. The van der Waals surface area contributed by atoms with Crippen LogP contribution in [0.25, 0.3) is 0 Å². The average Bonchev–Trinajstić information content (AvgIpc) is 2.82. The molecule has 2 aromatic rings. The van der Waals surface area contributed by atoms with Gasteiger partial charge in [0.25, 0.3) is 0 Å². The first-order valence-electron chi connectivity index (χ1n) is 12.3. The van der Waals surface area contributed by atoms with Crippen LogP contribution in [0.15, 0.2) is 42.5 Å². The largest absolute Gasteiger partial charge is 0.354 e. The maximum absolute atomic E-state index is 13.7. The second-order valence-corrected chi connectivity index (χ2v) is 12.6. The average molecular weight is 571 g/mol. The van der Waals surface area contributed by atoms with Gasteiger partial charge in [0.15, 0.2) is 0 Å². The van der Waals surface area contributed by atoms with Crippen molar-refractivity contribution in [3.8, 4) is 0 Å². The number of nitrogens with one attached hydrogen (secondary N) is 1. The van der Waals surface area contributed by atoms with Crippen LogP contribution in [-0.2, 0) is 26.2 Å². The van der Waals surface area contributed by atoms with Gasteiger partial charge in [0.05, 0.1) is 22.0 Å².